The fourth-order valence-electron chi connectivity index (χ4n) is 1.13. The highest BCUT2D eigenvalue weighted by atomic mass is 16.4. The van der Waals surface area contributed by atoms with E-state index in [-0.39, 0.29) is 6.04 Å². The lowest BCUT2D eigenvalue weighted by atomic mass is 10.1. The highest BCUT2D eigenvalue weighted by Gasteiger charge is 2.26. The van der Waals surface area contributed by atoms with Crippen LogP contribution in [0.4, 0.5) is 0 Å². The number of hydrogen-bond acceptors (Lipinski definition) is 2. The molecule has 1 aliphatic rings. The summed E-state index contributed by atoms with van der Waals surface area (Å²) in [5.41, 5.74) is 0. The molecule has 3 heteroatoms. The van der Waals surface area contributed by atoms with E-state index in [9.17, 15) is 4.79 Å². The van der Waals surface area contributed by atoms with Crippen LogP contribution in [0.15, 0.2) is 12.7 Å². The van der Waals surface area contributed by atoms with Crippen LogP contribution in [0.5, 0.6) is 0 Å². The highest BCUT2D eigenvalue weighted by molar-refractivity contribution is 5.73. The zero-order valence-electron chi connectivity index (χ0n) is 5.71. The number of carbonyl (C=O) groups is 1. The van der Waals surface area contributed by atoms with Gasteiger partial charge < -0.3 is 10.4 Å². The van der Waals surface area contributed by atoms with E-state index in [0.29, 0.717) is 12.3 Å². The van der Waals surface area contributed by atoms with Crippen molar-refractivity contribution < 1.29 is 9.90 Å². The molecule has 1 aliphatic heterocycles. The first kappa shape index (κ1) is 7.28. The second-order valence-electron chi connectivity index (χ2n) is 2.53. The minimum absolute atomic E-state index is 0.334. The Morgan fingerprint density at radius 3 is 2.80 bits per heavy atom. The lowest BCUT2D eigenvalue weighted by molar-refractivity contribution is -0.139. The van der Waals surface area contributed by atoms with Crippen LogP contribution < -0.4 is 5.32 Å². The molecular weight excluding hydrogens is 130 g/mol. The van der Waals surface area contributed by atoms with Gasteiger partial charge in [-0.15, -0.1) is 6.58 Å². The smallest absolute Gasteiger partial charge is 0.320 e. The molecule has 0 aromatic heterocycles. The molecule has 2 unspecified atom stereocenters. The Kier molecular flexibility index (Phi) is 2.06. The zero-order valence-corrected chi connectivity index (χ0v) is 5.71. The van der Waals surface area contributed by atoms with Crippen LogP contribution in [-0.2, 0) is 4.79 Å². The minimum atomic E-state index is -0.760. The summed E-state index contributed by atoms with van der Waals surface area (Å²) in [4.78, 5) is 10.4. The predicted molar refractivity (Wildman–Crippen MR) is 37.7 cm³/mol. The predicted octanol–water partition coefficient (Wildman–Crippen LogP) is 0.235. The topological polar surface area (TPSA) is 49.3 Å². The highest BCUT2D eigenvalue weighted by Crippen LogP contribution is 2.14. The van der Waals surface area contributed by atoms with Crippen LogP contribution in [0.2, 0.25) is 0 Å². The molecule has 56 valence electrons. The summed E-state index contributed by atoms with van der Waals surface area (Å²) in [5, 5.41) is 11.4. The van der Waals surface area contributed by atoms with E-state index in [1.165, 1.54) is 0 Å². The molecule has 0 amide bonds. The Bertz CT molecular complexity index is 156. The van der Waals surface area contributed by atoms with Crippen LogP contribution in [-0.4, -0.2) is 23.7 Å². The average Bonchev–Trinajstić information content (AvgIpc) is 2.34. The van der Waals surface area contributed by atoms with Crippen LogP contribution >= 0.6 is 0 Å². The molecule has 0 spiro atoms. The summed E-state index contributed by atoms with van der Waals surface area (Å²) >= 11 is 0. The molecule has 0 bridgehead atoms. The Balaban J connectivity index is 2.42. The molecule has 3 nitrogen and oxygen atoms in total. The quantitative estimate of drug-likeness (QED) is 0.541. The maximum atomic E-state index is 10.4. The molecule has 1 fully saturated rings. The van der Waals surface area contributed by atoms with Gasteiger partial charge in [-0.25, -0.2) is 0 Å². The monoisotopic (exact) mass is 141 g/mol. The molecule has 2 N–H and O–H groups in total. The third kappa shape index (κ3) is 1.36. The van der Waals surface area contributed by atoms with Gasteiger partial charge in [-0.05, 0) is 12.3 Å². The van der Waals surface area contributed by atoms with E-state index in [1.807, 2.05) is 0 Å². The summed E-state index contributed by atoms with van der Waals surface area (Å²) in [6.45, 7) is 4.35. The lowest BCUT2D eigenvalue weighted by Crippen LogP contribution is -2.29. The van der Waals surface area contributed by atoms with Gasteiger partial charge >= 0.3 is 5.97 Å². The maximum Gasteiger partial charge on any atom is 0.320 e. The van der Waals surface area contributed by atoms with E-state index in [1.54, 1.807) is 6.08 Å². The lowest BCUT2D eigenvalue weighted by Gasteiger charge is -2.00. The van der Waals surface area contributed by atoms with Crippen LogP contribution in [0.1, 0.15) is 6.42 Å². The van der Waals surface area contributed by atoms with Crippen molar-refractivity contribution in [2.45, 2.75) is 12.5 Å². The van der Waals surface area contributed by atoms with Gasteiger partial charge in [0.05, 0.1) is 0 Å². The Hall–Kier alpha value is -0.830. The standard InChI is InChI=1S/C7H11NO2/c1-2-5-3-6(7(9)10)8-4-5/h2,5-6,8H,1,3-4H2,(H,9,10). The van der Waals surface area contributed by atoms with Crippen LogP contribution in [0.25, 0.3) is 0 Å². The molecule has 1 saturated heterocycles. The first-order chi connectivity index (χ1) is 4.74. The molecule has 0 radical (unpaired) electrons. The summed E-state index contributed by atoms with van der Waals surface area (Å²) in [5.74, 6) is -0.426. The molecule has 1 heterocycles. The SMILES string of the molecule is C=CC1CNC(C(=O)O)C1. The van der Waals surface area contributed by atoms with E-state index < -0.39 is 5.97 Å². The molecule has 0 aromatic rings. The van der Waals surface area contributed by atoms with Gasteiger partial charge in [0.15, 0.2) is 0 Å². The van der Waals surface area contributed by atoms with E-state index >= 15 is 0 Å². The van der Waals surface area contributed by atoms with Crippen molar-refractivity contribution in [3.8, 4) is 0 Å². The number of rotatable bonds is 2. The molecule has 0 aliphatic carbocycles. The van der Waals surface area contributed by atoms with E-state index in [4.69, 9.17) is 5.11 Å². The normalized spacial score (nSPS) is 32.0. The Morgan fingerprint density at radius 1 is 1.80 bits per heavy atom. The minimum Gasteiger partial charge on any atom is -0.480 e. The largest absolute Gasteiger partial charge is 0.480 e. The number of aliphatic carboxylic acids is 1. The average molecular weight is 141 g/mol. The summed E-state index contributed by atoms with van der Waals surface area (Å²) in [7, 11) is 0. The maximum absolute atomic E-state index is 10.4. The van der Waals surface area contributed by atoms with E-state index in [0.717, 1.165) is 6.54 Å². The number of carboxylic acids is 1. The number of carboxylic acid groups (broad SMARTS) is 1. The first-order valence-corrected chi connectivity index (χ1v) is 3.32. The van der Waals surface area contributed by atoms with Crippen molar-refractivity contribution in [1.29, 1.82) is 0 Å². The number of nitrogens with one attached hydrogen (secondary N) is 1. The Labute approximate surface area is 59.7 Å². The van der Waals surface area contributed by atoms with Crippen molar-refractivity contribution in [1.82, 2.24) is 5.32 Å². The molecule has 0 aromatic carbocycles. The van der Waals surface area contributed by atoms with Gasteiger partial charge in [0.1, 0.15) is 6.04 Å². The number of hydrogen-bond donors (Lipinski definition) is 2. The zero-order chi connectivity index (χ0) is 7.56. The molecule has 2 atom stereocenters. The molecule has 10 heavy (non-hydrogen) atoms. The second-order valence-corrected chi connectivity index (χ2v) is 2.53. The van der Waals surface area contributed by atoms with Crippen molar-refractivity contribution in [2.75, 3.05) is 6.54 Å². The third-order valence-corrected chi connectivity index (χ3v) is 1.80. The van der Waals surface area contributed by atoms with Gasteiger partial charge in [-0.3, -0.25) is 4.79 Å². The first-order valence-electron chi connectivity index (χ1n) is 3.32. The Morgan fingerprint density at radius 2 is 2.50 bits per heavy atom. The van der Waals surface area contributed by atoms with Crippen molar-refractivity contribution in [3.05, 3.63) is 12.7 Å². The van der Waals surface area contributed by atoms with Crippen molar-refractivity contribution in [3.63, 3.8) is 0 Å². The fourth-order valence-corrected chi connectivity index (χ4v) is 1.13. The second kappa shape index (κ2) is 2.84. The summed E-state index contributed by atoms with van der Waals surface area (Å²) < 4.78 is 0. The van der Waals surface area contributed by atoms with E-state index in [2.05, 4.69) is 11.9 Å². The molecule has 1 rings (SSSR count). The van der Waals surface area contributed by atoms with Crippen LogP contribution in [0.3, 0.4) is 0 Å². The molecular formula is C7H11NO2. The van der Waals surface area contributed by atoms with Gasteiger partial charge in [0.2, 0.25) is 0 Å². The van der Waals surface area contributed by atoms with Gasteiger partial charge in [-0.2, -0.15) is 0 Å². The van der Waals surface area contributed by atoms with Crippen LogP contribution in [0, 0.1) is 5.92 Å². The van der Waals surface area contributed by atoms with Gasteiger partial charge in [0.25, 0.3) is 0 Å². The summed E-state index contributed by atoms with van der Waals surface area (Å²) in [6, 6.07) is -0.358. The third-order valence-electron chi connectivity index (χ3n) is 1.80. The van der Waals surface area contributed by atoms with Crippen molar-refractivity contribution in [2.24, 2.45) is 5.92 Å². The van der Waals surface area contributed by atoms with Gasteiger partial charge in [-0.1, -0.05) is 6.08 Å². The van der Waals surface area contributed by atoms with Crippen molar-refractivity contribution >= 4 is 5.97 Å². The molecule has 0 saturated carbocycles. The van der Waals surface area contributed by atoms with Gasteiger partial charge in [0, 0.05) is 6.54 Å². The summed E-state index contributed by atoms with van der Waals surface area (Å²) in [6.07, 6.45) is 2.48. The fraction of sp³-hybridized carbons (Fsp3) is 0.571.